The quantitative estimate of drug-likeness (QED) is 0.655. The lowest BCUT2D eigenvalue weighted by molar-refractivity contribution is 0.102. The summed E-state index contributed by atoms with van der Waals surface area (Å²) < 4.78 is 11.1. The van der Waals surface area contributed by atoms with Crippen LogP contribution in [0.1, 0.15) is 21.6 Å². The zero-order chi connectivity index (χ0) is 22.1. The number of nitrogens with one attached hydrogen (secondary N) is 2. The summed E-state index contributed by atoms with van der Waals surface area (Å²) in [6.45, 7) is 10.4. The number of anilines is 3. The monoisotopic (exact) mass is 434 g/mol. The number of carbonyl (C=O) groups excluding carboxylic acids is 1. The lowest BCUT2D eigenvalue weighted by Crippen LogP contribution is -2.38. The molecule has 32 heavy (non-hydrogen) atoms. The van der Waals surface area contributed by atoms with E-state index in [4.69, 9.17) is 9.47 Å². The van der Waals surface area contributed by atoms with Crippen LogP contribution in [0.25, 0.3) is 10.9 Å². The molecule has 0 unspecified atom stereocenters. The van der Waals surface area contributed by atoms with E-state index >= 15 is 0 Å². The van der Waals surface area contributed by atoms with E-state index < -0.39 is 0 Å². The molecule has 2 aromatic carbocycles. The molecule has 3 heterocycles. The maximum atomic E-state index is 13.2. The number of rotatable bonds is 4. The lowest BCUT2D eigenvalue weighted by Gasteiger charge is -2.33. The molecule has 2 aliphatic heterocycles. The number of aryl methyl sites for hydroxylation is 2. The van der Waals surface area contributed by atoms with Crippen molar-refractivity contribution in [3.63, 3.8) is 0 Å². The zero-order valence-electron chi connectivity index (χ0n) is 18.7. The van der Waals surface area contributed by atoms with E-state index in [9.17, 15) is 4.79 Å². The molecule has 0 aliphatic carbocycles. The Morgan fingerprint density at radius 1 is 0.906 bits per heavy atom. The first-order chi connectivity index (χ1) is 15.6. The minimum absolute atomic E-state index is 0.0983. The van der Waals surface area contributed by atoms with E-state index in [1.165, 1.54) is 5.56 Å². The average Bonchev–Trinajstić information content (AvgIpc) is 3.13. The summed E-state index contributed by atoms with van der Waals surface area (Å²) in [4.78, 5) is 21.2. The molecule has 1 aromatic heterocycles. The maximum absolute atomic E-state index is 13.2. The first-order valence-electron chi connectivity index (χ1n) is 11.3. The predicted molar refractivity (Wildman–Crippen MR) is 128 cm³/mol. The largest absolute Gasteiger partial charge is 0.378 e. The number of carbonyl (C=O) groups is 1. The van der Waals surface area contributed by atoms with Crippen LogP contribution < -0.4 is 15.1 Å². The Hall–Kier alpha value is -3.03. The summed E-state index contributed by atoms with van der Waals surface area (Å²) in [7, 11) is 0. The summed E-state index contributed by atoms with van der Waals surface area (Å²) in [5, 5.41) is 4.26. The molecule has 5 rings (SSSR count). The average molecular weight is 435 g/mol. The SMILES string of the molecule is Cc1[nH]c2ccc(C(=O)Nc3ccc(N4CCOCC4)cc3N3CCOCC3)cc2c1C. The molecule has 0 spiro atoms. The van der Waals surface area contributed by atoms with Gasteiger partial charge in [-0.2, -0.15) is 0 Å². The maximum Gasteiger partial charge on any atom is 0.255 e. The van der Waals surface area contributed by atoms with Gasteiger partial charge in [0, 0.05) is 54.0 Å². The van der Waals surface area contributed by atoms with E-state index in [1.54, 1.807) is 0 Å². The highest BCUT2D eigenvalue weighted by molar-refractivity contribution is 6.08. The van der Waals surface area contributed by atoms with Crippen molar-refractivity contribution in [2.75, 3.05) is 67.7 Å². The van der Waals surface area contributed by atoms with Crippen LogP contribution in [0.4, 0.5) is 17.1 Å². The summed E-state index contributed by atoms with van der Waals surface area (Å²) in [5.41, 5.74) is 7.05. The number of nitrogens with zero attached hydrogens (tertiary/aromatic N) is 2. The van der Waals surface area contributed by atoms with Gasteiger partial charge in [0.05, 0.1) is 37.8 Å². The van der Waals surface area contributed by atoms with Crippen molar-refractivity contribution in [1.82, 2.24) is 4.98 Å². The van der Waals surface area contributed by atoms with E-state index in [2.05, 4.69) is 46.1 Å². The number of hydrogen-bond acceptors (Lipinski definition) is 5. The minimum atomic E-state index is -0.0983. The number of aromatic amines is 1. The number of ether oxygens (including phenoxy) is 2. The van der Waals surface area contributed by atoms with Crippen molar-refractivity contribution in [1.29, 1.82) is 0 Å². The van der Waals surface area contributed by atoms with Crippen molar-refractivity contribution < 1.29 is 14.3 Å². The first kappa shape index (κ1) is 20.8. The fraction of sp³-hybridized carbons (Fsp3) is 0.400. The van der Waals surface area contributed by atoms with Gasteiger partial charge in [-0.3, -0.25) is 4.79 Å². The molecule has 3 aromatic rings. The van der Waals surface area contributed by atoms with Crippen LogP contribution in [0.15, 0.2) is 36.4 Å². The Labute approximate surface area is 188 Å². The number of morpholine rings is 2. The molecule has 2 saturated heterocycles. The molecule has 0 radical (unpaired) electrons. The van der Waals surface area contributed by atoms with E-state index in [1.807, 2.05) is 24.3 Å². The topological polar surface area (TPSA) is 69.8 Å². The van der Waals surface area contributed by atoms with Gasteiger partial charge in [-0.15, -0.1) is 0 Å². The molecule has 2 fully saturated rings. The van der Waals surface area contributed by atoms with Crippen LogP contribution in [0.2, 0.25) is 0 Å². The van der Waals surface area contributed by atoms with Gasteiger partial charge >= 0.3 is 0 Å². The Morgan fingerprint density at radius 2 is 1.59 bits per heavy atom. The summed E-state index contributed by atoms with van der Waals surface area (Å²) >= 11 is 0. The molecule has 7 nitrogen and oxygen atoms in total. The van der Waals surface area contributed by atoms with Crippen molar-refractivity contribution in [3.05, 3.63) is 53.2 Å². The van der Waals surface area contributed by atoms with Gasteiger partial charge in [0.1, 0.15) is 0 Å². The van der Waals surface area contributed by atoms with Crippen LogP contribution in [0.5, 0.6) is 0 Å². The van der Waals surface area contributed by atoms with Gasteiger partial charge < -0.3 is 29.6 Å². The van der Waals surface area contributed by atoms with E-state index in [0.29, 0.717) is 18.8 Å². The number of fused-ring (bicyclic) bond motifs is 1. The van der Waals surface area contributed by atoms with Gasteiger partial charge in [0.15, 0.2) is 0 Å². The smallest absolute Gasteiger partial charge is 0.255 e. The van der Waals surface area contributed by atoms with Crippen LogP contribution in [0, 0.1) is 13.8 Å². The van der Waals surface area contributed by atoms with Crippen LogP contribution in [0.3, 0.4) is 0 Å². The minimum Gasteiger partial charge on any atom is -0.378 e. The standard InChI is InChI=1S/C25H30N4O3/c1-17-18(2)26-22-5-3-19(15-21(17)22)25(30)27-23-6-4-20(28-7-11-31-12-8-28)16-24(23)29-9-13-32-14-10-29/h3-6,15-16,26H,7-14H2,1-2H3,(H,27,30). The van der Waals surface area contributed by atoms with Crippen LogP contribution in [-0.2, 0) is 9.47 Å². The number of amides is 1. The Balaban J connectivity index is 1.45. The summed E-state index contributed by atoms with van der Waals surface area (Å²) in [6, 6.07) is 12.1. The summed E-state index contributed by atoms with van der Waals surface area (Å²) in [6.07, 6.45) is 0. The van der Waals surface area contributed by atoms with Gasteiger partial charge in [-0.25, -0.2) is 0 Å². The van der Waals surface area contributed by atoms with Gasteiger partial charge in [0.2, 0.25) is 0 Å². The fourth-order valence-corrected chi connectivity index (χ4v) is 4.51. The second kappa shape index (κ2) is 8.84. The highest BCUT2D eigenvalue weighted by Crippen LogP contribution is 2.33. The number of H-pyrrole nitrogens is 1. The highest BCUT2D eigenvalue weighted by Gasteiger charge is 2.20. The summed E-state index contributed by atoms with van der Waals surface area (Å²) in [5.74, 6) is -0.0983. The van der Waals surface area contributed by atoms with E-state index in [-0.39, 0.29) is 5.91 Å². The number of aromatic nitrogens is 1. The molecule has 7 heteroatoms. The van der Waals surface area contributed by atoms with Crippen molar-refractivity contribution in [3.8, 4) is 0 Å². The number of hydrogen-bond donors (Lipinski definition) is 2. The third kappa shape index (κ3) is 4.06. The van der Waals surface area contributed by atoms with E-state index in [0.717, 1.165) is 73.1 Å². The third-order valence-corrected chi connectivity index (χ3v) is 6.53. The van der Waals surface area contributed by atoms with Crippen molar-refractivity contribution in [2.24, 2.45) is 0 Å². The second-order valence-corrected chi connectivity index (χ2v) is 8.49. The lowest BCUT2D eigenvalue weighted by atomic mass is 10.1. The van der Waals surface area contributed by atoms with Crippen LogP contribution in [-0.4, -0.2) is 63.5 Å². The fourth-order valence-electron chi connectivity index (χ4n) is 4.51. The highest BCUT2D eigenvalue weighted by atomic mass is 16.5. The van der Waals surface area contributed by atoms with Crippen molar-refractivity contribution >= 4 is 33.9 Å². The molecule has 1 amide bonds. The van der Waals surface area contributed by atoms with Crippen LogP contribution >= 0.6 is 0 Å². The number of benzene rings is 2. The second-order valence-electron chi connectivity index (χ2n) is 8.49. The van der Waals surface area contributed by atoms with Gasteiger partial charge in [-0.05, 0) is 55.8 Å². The third-order valence-electron chi connectivity index (χ3n) is 6.53. The van der Waals surface area contributed by atoms with Crippen molar-refractivity contribution in [2.45, 2.75) is 13.8 Å². The molecule has 0 bridgehead atoms. The predicted octanol–water partition coefficient (Wildman–Crippen LogP) is 3.71. The van der Waals surface area contributed by atoms with Gasteiger partial charge in [0.25, 0.3) is 5.91 Å². The molecule has 0 saturated carbocycles. The molecular formula is C25H30N4O3. The molecular weight excluding hydrogens is 404 g/mol. The first-order valence-corrected chi connectivity index (χ1v) is 11.3. The zero-order valence-corrected chi connectivity index (χ0v) is 18.7. The Kier molecular flexibility index (Phi) is 5.76. The molecule has 168 valence electrons. The molecule has 2 N–H and O–H groups in total. The van der Waals surface area contributed by atoms with Gasteiger partial charge in [-0.1, -0.05) is 0 Å². The normalized spacial score (nSPS) is 17.1. The Bertz CT molecular complexity index is 1130. The Morgan fingerprint density at radius 3 is 2.31 bits per heavy atom. The molecule has 2 aliphatic rings. The molecule has 0 atom stereocenters.